The molecule has 0 radical (unpaired) electrons. The van der Waals surface area contributed by atoms with Crippen LogP contribution in [0, 0.1) is 5.41 Å². The van der Waals surface area contributed by atoms with Crippen molar-refractivity contribution in [1.29, 1.82) is 0 Å². The van der Waals surface area contributed by atoms with Crippen LogP contribution in [0.5, 0.6) is 0 Å². The lowest BCUT2D eigenvalue weighted by Gasteiger charge is -2.17. The zero-order valence-electron chi connectivity index (χ0n) is 10.4. The van der Waals surface area contributed by atoms with E-state index in [1.165, 1.54) is 0 Å². The first-order valence-corrected chi connectivity index (χ1v) is 5.54. The number of hydrogen-bond donors (Lipinski definition) is 2. The predicted octanol–water partition coefficient (Wildman–Crippen LogP) is 1.23. The zero-order chi connectivity index (χ0) is 12.6. The van der Waals surface area contributed by atoms with E-state index in [4.69, 9.17) is 0 Å². The normalized spacial score (nSPS) is 10.7. The van der Waals surface area contributed by atoms with E-state index in [2.05, 4.69) is 17.2 Å². The van der Waals surface area contributed by atoms with Gasteiger partial charge >= 0.3 is 0 Å². The predicted molar refractivity (Wildman–Crippen MR) is 64.9 cm³/mol. The van der Waals surface area contributed by atoms with Gasteiger partial charge in [-0.25, -0.2) is 0 Å². The average molecular weight is 226 g/mol. The van der Waals surface area contributed by atoms with Crippen LogP contribution in [-0.4, -0.2) is 24.9 Å². The Bertz CT molecular complexity index is 254. The smallest absolute Gasteiger partial charge is 0.225 e. The van der Waals surface area contributed by atoms with Crippen molar-refractivity contribution in [3.63, 3.8) is 0 Å². The molecule has 0 saturated carbocycles. The van der Waals surface area contributed by atoms with Gasteiger partial charge in [-0.05, 0) is 6.42 Å². The Morgan fingerprint density at radius 2 is 1.81 bits per heavy atom. The van der Waals surface area contributed by atoms with E-state index in [0.29, 0.717) is 19.5 Å². The molecule has 4 heteroatoms. The van der Waals surface area contributed by atoms with Gasteiger partial charge < -0.3 is 10.6 Å². The van der Waals surface area contributed by atoms with Gasteiger partial charge in [-0.1, -0.05) is 26.8 Å². The Morgan fingerprint density at radius 1 is 1.19 bits per heavy atom. The summed E-state index contributed by atoms with van der Waals surface area (Å²) in [6.45, 7) is 10.1. The molecule has 92 valence electrons. The van der Waals surface area contributed by atoms with Crippen LogP contribution in [0.2, 0.25) is 0 Å². The highest BCUT2D eigenvalue weighted by atomic mass is 16.2. The fourth-order valence-electron chi connectivity index (χ4n) is 0.957. The maximum absolute atomic E-state index is 11.5. The SMILES string of the molecule is C=CCCNC(=O)CCNC(=O)C(C)(C)C. The lowest BCUT2D eigenvalue weighted by atomic mass is 9.96. The van der Waals surface area contributed by atoms with Crippen LogP contribution in [0.1, 0.15) is 33.6 Å². The van der Waals surface area contributed by atoms with Crippen molar-refractivity contribution < 1.29 is 9.59 Å². The Labute approximate surface area is 97.5 Å². The quantitative estimate of drug-likeness (QED) is 0.528. The van der Waals surface area contributed by atoms with Crippen molar-refractivity contribution in [2.45, 2.75) is 33.6 Å². The molecule has 0 rings (SSSR count). The number of nitrogens with one attached hydrogen (secondary N) is 2. The Balaban J connectivity index is 3.62. The first kappa shape index (κ1) is 14.7. The van der Waals surface area contributed by atoms with E-state index in [9.17, 15) is 9.59 Å². The molecule has 0 bridgehead atoms. The molecule has 0 fully saturated rings. The first-order valence-electron chi connectivity index (χ1n) is 5.54. The maximum atomic E-state index is 11.5. The second kappa shape index (κ2) is 7.04. The van der Waals surface area contributed by atoms with Gasteiger partial charge in [0.1, 0.15) is 0 Å². The Kier molecular flexibility index (Phi) is 6.46. The lowest BCUT2D eigenvalue weighted by Crippen LogP contribution is -2.37. The van der Waals surface area contributed by atoms with E-state index in [-0.39, 0.29) is 11.8 Å². The molecule has 0 heterocycles. The third-order valence-corrected chi connectivity index (χ3v) is 1.99. The van der Waals surface area contributed by atoms with Crippen molar-refractivity contribution in [2.24, 2.45) is 5.41 Å². The molecule has 0 aliphatic rings. The molecule has 0 aromatic heterocycles. The van der Waals surface area contributed by atoms with Crippen LogP contribution in [0.4, 0.5) is 0 Å². The molecule has 0 saturated heterocycles. The molecule has 2 amide bonds. The summed E-state index contributed by atoms with van der Waals surface area (Å²) in [7, 11) is 0. The lowest BCUT2D eigenvalue weighted by molar-refractivity contribution is -0.128. The summed E-state index contributed by atoms with van der Waals surface area (Å²) < 4.78 is 0. The van der Waals surface area contributed by atoms with Crippen molar-refractivity contribution >= 4 is 11.8 Å². The minimum atomic E-state index is -0.403. The highest BCUT2D eigenvalue weighted by molar-refractivity contribution is 5.82. The summed E-state index contributed by atoms with van der Waals surface area (Å²) in [6, 6.07) is 0. The van der Waals surface area contributed by atoms with Crippen molar-refractivity contribution in [2.75, 3.05) is 13.1 Å². The summed E-state index contributed by atoms with van der Waals surface area (Å²) >= 11 is 0. The minimum Gasteiger partial charge on any atom is -0.356 e. The number of rotatable bonds is 6. The van der Waals surface area contributed by atoms with Crippen LogP contribution in [0.15, 0.2) is 12.7 Å². The van der Waals surface area contributed by atoms with Crippen LogP contribution in [0.3, 0.4) is 0 Å². The second-order valence-electron chi connectivity index (χ2n) is 4.68. The molecular weight excluding hydrogens is 204 g/mol. The summed E-state index contributed by atoms with van der Waals surface area (Å²) in [5.74, 6) is -0.0811. The summed E-state index contributed by atoms with van der Waals surface area (Å²) in [5, 5.41) is 5.46. The fourth-order valence-corrected chi connectivity index (χ4v) is 0.957. The van der Waals surface area contributed by atoms with Crippen molar-refractivity contribution in [1.82, 2.24) is 10.6 Å². The van der Waals surface area contributed by atoms with Gasteiger partial charge in [-0.3, -0.25) is 9.59 Å². The molecule has 0 atom stereocenters. The molecule has 0 aliphatic heterocycles. The van der Waals surface area contributed by atoms with Gasteiger partial charge in [0, 0.05) is 24.9 Å². The van der Waals surface area contributed by atoms with Crippen molar-refractivity contribution in [3.8, 4) is 0 Å². The number of carbonyl (C=O) groups excluding carboxylic acids is 2. The highest BCUT2D eigenvalue weighted by Crippen LogP contribution is 2.11. The van der Waals surface area contributed by atoms with E-state index in [1.54, 1.807) is 6.08 Å². The molecule has 0 aromatic rings. The fraction of sp³-hybridized carbons (Fsp3) is 0.667. The van der Waals surface area contributed by atoms with Crippen molar-refractivity contribution in [3.05, 3.63) is 12.7 Å². The molecular formula is C12H22N2O2. The molecule has 0 aromatic carbocycles. The third-order valence-electron chi connectivity index (χ3n) is 1.99. The highest BCUT2D eigenvalue weighted by Gasteiger charge is 2.20. The number of hydrogen-bond acceptors (Lipinski definition) is 2. The Morgan fingerprint density at radius 3 is 2.31 bits per heavy atom. The van der Waals surface area contributed by atoms with Crippen LogP contribution in [-0.2, 0) is 9.59 Å². The third kappa shape index (κ3) is 7.04. The monoisotopic (exact) mass is 226 g/mol. The van der Waals surface area contributed by atoms with E-state index in [0.717, 1.165) is 6.42 Å². The molecule has 16 heavy (non-hydrogen) atoms. The van der Waals surface area contributed by atoms with Gasteiger partial charge in [0.05, 0.1) is 0 Å². The van der Waals surface area contributed by atoms with E-state index in [1.807, 2.05) is 20.8 Å². The molecule has 4 nitrogen and oxygen atoms in total. The van der Waals surface area contributed by atoms with Gasteiger partial charge in [-0.15, -0.1) is 6.58 Å². The standard InChI is InChI=1S/C12H22N2O2/c1-5-6-8-13-10(15)7-9-14-11(16)12(2,3)4/h5H,1,6-9H2,2-4H3,(H,13,15)(H,14,16). The van der Waals surface area contributed by atoms with Crippen LogP contribution in [0.25, 0.3) is 0 Å². The van der Waals surface area contributed by atoms with Gasteiger partial charge in [0.2, 0.25) is 11.8 Å². The van der Waals surface area contributed by atoms with E-state index >= 15 is 0 Å². The van der Waals surface area contributed by atoms with Gasteiger partial charge in [0.25, 0.3) is 0 Å². The van der Waals surface area contributed by atoms with Crippen LogP contribution >= 0.6 is 0 Å². The number of amides is 2. The largest absolute Gasteiger partial charge is 0.356 e. The zero-order valence-corrected chi connectivity index (χ0v) is 10.4. The Hall–Kier alpha value is -1.32. The minimum absolute atomic E-state index is 0.0357. The molecule has 0 spiro atoms. The summed E-state index contributed by atoms with van der Waals surface area (Å²) in [5.41, 5.74) is -0.403. The topological polar surface area (TPSA) is 58.2 Å². The second-order valence-corrected chi connectivity index (χ2v) is 4.68. The average Bonchev–Trinajstić information content (AvgIpc) is 2.16. The maximum Gasteiger partial charge on any atom is 0.225 e. The summed E-state index contributed by atoms with van der Waals surface area (Å²) in [4.78, 5) is 22.7. The van der Waals surface area contributed by atoms with Gasteiger partial charge in [0.15, 0.2) is 0 Å². The molecule has 0 aliphatic carbocycles. The molecule has 0 unspecified atom stereocenters. The first-order chi connectivity index (χ1) is 7.38. The van der Waals surface area contributed by atoms with Crippen LogP contribution < -0.4 is 10.6 Å². The summed E-state index contributed by atoms with van der Waals surface area (Å²) in [6.07, 6.45) is 2.83. The van der Waals surface area contributed by atoms with Gasteiger partial charge in [-0.2, -0.15) is 0 Å². The number of carbonyl (C=O) groups is 2. The molecule has 2 N–H and O–H groups in total. The van der Waals surface area contributed by atoms with E-state index < -0.39 is 5.41 Å².